The third-order valence-corrected chi connectivity index (χ3v) is 3.38. The van der Waals surface area contributed by atoms with E-state index in [0.29, 0.717) is 17.6 Å². The van der Waals surface area contributed by atoms with Crippen LogP contribution in [-0.2, 0) is 11.2 Å². The van der Waals surface area contributed by atoms with Crippen LogP contribution in [0.5, 0.6) is 0 Å². The molecule has 0 fully saturated rings. The van der Waals surface area contributed by atoms with E-state index < -0.39 is 0 Å². The van der Waals surface area contributed by atoms with Crippen molar-refractivity contribution in [2.45, 2.75) is 44.3 Å². The van der Waals surface area contributed by atoms with E-state index in [1.807, 2.05) is 23.9 Å². The van der Waals surface area contributed by atoms with Gasteiger partial charge in [-0.15, -0.1) is 11.8 Å². The average molecular weight is 265 g/mol. The zero-order valence-corrected chi connectivity index (χ0v) is 12.5. The minimum atomic E-state index is 0.105. The molecule has 1 aromatic carbocycles. The molecule has 0 atom stereocenters. The van der Waals surface area contributed by atoms with Gasteiger partial charge in [-0.2, -0.15) is 0 Å². The molecular formula is C15H23NOS. The van der Waals surface area contributed by atoms with Crippen molar-refractivity contribution in [1.82, 2.24) is 5.32 Å². The molecule has 1 amide bonds. The summed E-state index contributed by atoms with van der Waals surface area (Å²) in [5.41, 5.74) is 1.07. The number of thioether (sulfide) groups is 1. The molecule has 0 aliphatic carbocycles. The normalized spacial score (nSPS) is 11.0. The van der Waals surface area contributed by atoms with Crippen molar-refractivity contribution < 1.29 is 4.79 Å². The largest absolute Gasteiger partial charge is 0.356 e. The van der Waals surface area contributed by atoms with E-state index in [1.165, 1.54) is 4.90 Å². The van der Waals surface area contributed by atoms with Crippen LogP contribution < -0.4 is 5.32 Å². The van der Waals surface area contributed by atoms with Crippen LogP contribution in [0.15, 0.2) is 29.2 Å². The fourth-order valence-electron chi connectivity index (χ4n) is 1.52. The van der Waals surface area contributed by atoms with Crippen molar-refractivity contribution >= 4 is 17.7 Å². The van der Waals surface area contributed by atoms with Gasteiger partial charge in [0.2, 0.25) is 5.91 Å². The molecule has 0 radical (unpaired) electrons. The Hall–Kier alpha value is -0.960. The Morgan fingerprint density at radius 2 is 1.78 bits per heavy atom. The zero-order chi connectivity index (χ0) is 13.5. The van der Waals surface area contributed by atoms with Crippen molar-refractivity contribution in [3.8, 4) is 0 Å². The van der Waals surface area contributed by atoms with Gasteiger partial charge in [0.1, 0.15) is 0 Å². The molecular weight excluding hydrogens is 242 g/mol. The van der Waals surface area contributed by atoms with E-state index in [1.54, 1.807) is 0 Å². The molecule has 1 rings (SSSR count). The Bertz CT molecular complexity index is 371. The Labute approximate surface area is 115 Å². The SMILES string of the molecule is CC(C)CNC(=O)Cc1ccc(SC(C)C)cc1. The fraction of sp³-hybridized carbons (Fsp3) is 0.533. The van der Waals surface area contributed by atoms with E-state index in [-0.39, 0.29) is 5.91 Å². The van der Waals surface area contributed by atoms with Gasteiger partial charge in [0.05, 0.1) is 6.42 Å². The van der Waals surface area contributed by atoms with E-state index in [9.17, 15) is 4.79 Å². The first-order valence-electron chi connectivity index (χ1n) is 6.49. The lowest BCUT2D eigenvalue weighted by Gasteiger charge is -2.08. The van der Waals surface area contributed by atoms with Gasteiger partial charge in [-0.1, -0.05) is 39.8 Å². The van der Waals surface area contributed by atoms with Gasteiger partial charge in [-0.05, 0) is 23.6 Å². The topological polar surface area (TPSA) is 29.1 Å². The number of amides is 1. The number of carbonyl (C=O) groups is 1. The molecule has 1 aromatic rings. The highest BCUT2D eigenvalue weighted by molar-refractivity contribution is 7.99. The van der Waals surface area contributed by atoms with Crippen molar-refractivity contribution in [1.29, 1.82) is 0 Å². The third-order valence-electron chi connectivity index (χ3n) is 2.37. The van der Waals surface area contributed by atoms with Crippen molar-refractivity contribution in [2.75, 3.05) is 6.54 Å². The lowest BCUT2D eigenvalue weighted by Crippen LogP contribution is -2.28. The van der Waals surface area contributed by atoms with Gasteiger partial charge in [-0.3, -0.25) is 4.79 Å². The lowest BCUT2D eigenvalue weighted by molar-refractivity contribution is -0.120. The van der Waals surface area contributed by atoms with E-state index >= 15 is 0 Å². The quantitative estimate of drug-likeness (QED) is 0.798. The first kappa shape index (κ1) is 15.1. The smallest absolute Gasteiger partial charge is 0.224 e. The van der Waals surface area contributed by atoms with Crippen LogP contribution in [0, 0.1) is 5.92 Å². The van der Waals surface area contributed by atoms with E-state index in [4.69, 9.17) is 0 Å². The zero-order valence-electron chi connectivity index (χ0n) is 11.7. The molecule has 0 saturated heterocycles. The summed E-state index contributed by atoms with van der Waals surface area (Å²) in [6.45, 7) is 9.30. The van der Waals surface area contributed by atoms with Crippen LogP contribution >= 0.6 is 11.8 Å². The highest BCUT2D eigenvalue weighted by Gasteiger charge is 2.04. The Balaban J connectivity index is 2.45. The summed E-state index contributed by atoms with van der Waals surface area (Å²) < 4.78 is 0. The third kappa shape index (κ3) is 6.10. The first-order chi connectivity index (χ1) is 8.47. The van der Waals surface area contributed by atoms with Gasteiger partial charge < -0.3 is 5.32 Å². The molecule has 3 heteroatoms. The Morgan fingerprint density at radius 1 is 1.17 bits per heavy atom. The second-order valence-electron chi connectivity index (χ2n) is 5.19. The number of benzene rings is 1. The monoisotopic (exact) mass is 265 g/mol. The first-order valence-corrected chi connectivity index (χ1v) is 7.37. The number of hydrogen-bond acceptors (Lipinski definition) is 2. The summed E-state index contributed by atoms with van der Waals surface area (Å²) in [5, 5.41) is 3.52. The van der Waals surface area contributed by atoms with Crippen molar-refractivity contribution in [3.05, 3.63) is 29.8 Å². The molecule has 2 nitrogen and oxygen atoms in total. The summed E-state index contributed by atoms with van der Waals surface area (Å²) in [7, 11) is 0. The van der Waals surface area contributed by atoms with Crippen molar-refractivity contribution in [2.24, 2.45) is 5.92 Å². The number of hydrogen-bond donors (Lipinski definition) is 1. The van der Waals surface area contributed by atoms with Gasteiger partial charge in [0, 0.05) is 16.7 Å². The Kier molecular flexibility index (Phi) is 6.27. The van der Waals surface area contributed by atoms with Gasteiger partial charge >= 0.3 is 0 Å². The lowest BCUT2D eigenvalue weighted by atomic mass is 10.1. The molecule has 18 heavy (non-hydrogen) atoms. The predicted molar refractivity (Wildman–Crippen MR) is 79.0 cm³/mol. The van der Waals surface area contributed by atoms with E-state index in [0.717, 1.165) is 12.1 Å². The maximum absolute atomic E-state index is 11.7. The summed E-state index contributed by atoms with van der Waals surface area (Å²) in [4.78, 5) is 12.9. The van der Waals surface area contributed by atoms with Crippen LogP contribution in [0.25, 0.3) is 0 Å². The van der Waals surface area contributed by atoms with Crippen LogP contribution in [0.1, 0.15) is 33.3 Å². The fourth-order valence-corrected chi connectivity index (χ4v) is 2.36. The van der Waals surface area contributed by atoms with Crippen LogP contribution in [-0.4, -0.2) is 17.7 Å². The van der Waals surface area contributed by atoms with Gasteiger partial charge in [-0.25, -0.2) is 0 Å². The predicted octanol–water partition coefficient (Wildman–Crippen LogP) is 3.50. The number of rotatable bonds is 6. The summed E-state index contributed by atoms with van der Waals surface area (Å²) in [5.74, 6) is 0.603. The van der Waals surface area contributed by atoms with Gasteiger partial charge in [0.25, 0.3) is 0 Å². The maximum atomic E-state index is 11.7. The van der Waals surface area contributed by atoms with Crippen LogP contribution in [0.2, 0.25) is 0 Å². The highest BCUT2D eigenvalue weighted by atomic mass is 32.2. The molecule has 0 unspecified atom stereocenters. The van der Waals surface area contributed by atoms with Crippen LogP contribution in [0.3, 0.4) is 0 Å². The van der Waals surface area contributed by atoms with Gasteiger partial charge in [0.15, 0.2) is 0 Å². The van der Waals surface area contributed by atoms with Crippen LogP contribution in [0.4, 0.5) is 0 Å². The number of nitrogens with one attached hydrogen (secondary N) is 1. The standard InChI is InChI=1S/C15H23NOS/c1-11(2)10-16-15(17)9-13-5-7-14(8-6-13)18-12(3)4/h5-8,11-12H,9-10H2,1-4H3,(H,16,17). The second-order valence-corrected chi connectivity index (χ2v) is 6.84. The molecule has 0 aliphatic rings. The minimum absolute atomic E-state index is 0.105. The summed E-state index contributed by atoms with van der Waals surface area (Å²) in [6.07, 6.45) is 0.472. The molecule has 100 valence electrons. The molecule has 0 aliphatic heterocycles. The molecule has 0 aromatic heterocycles. The molecule has 0 heterocycles. The van der Waals surface area contributed by atoms with E-state index in [2.05, 4.69) is 45.1 Å². The summed E-state index contributed by atoms with van der Waals surface area (Å²) >= 11 is 1.84. The second kappa shape index (κ2) is 7.47. The average Bonchev–Trinajstić information content (AvgIpc) is 2.28. The minimum Gasteiger partial charge on any atom is -0.356 e. The molecule has 0 saturated carbocycles. The molecule has 0 spiro atoms. The van der Waals surface area contributed by atoms with Crippen molar-refractivity contribution in [3.63, 3.8) is 0 Å². The maximum Gasteiger partial charge on any atom is 0.224 e. The molecule has 0 bridgehead atoms. The Morgan fingerprint density at radius 3 is 2.28 bits per heavy atom. The molecule has 1 N–H and O–H groups in total. The number of carbonyl (C=O) groups excluding carboxylic acids is 1. The highest BCUT2D eigenvalue weighted by Crippen LogP contribution is 2.22. The summed E-state index contributed by atoms with van der Waals surface area (Å²) in [6, 6.07) is 8.27.